The lowest BCUT2D eigenvalue weighted by atomic mass is 9.49. The molecule has 3 fully saturated rings. The first-order chi connectivity index (χ1) is 15.5. The highest BCUT2D eigenvalue weighted by Gasteiger charge is 2.59. The van der Waals surface area contributed by atoms with Gasteiger partial charge < -0.3 is 15.3 Å². The monoisotopic (exact) mass is 476 g/mol. The molecule has 4 aliphatic carbocycles. The fourth-order valence-electron chi connectivity index (χ4n) is 8.21. The van der Waals surface area contributed by atoms with Crippen molar-refractivity contribution < 1.29 is 15.3 Å². The lowest BCUT2D eigenvalue weighted by molar-refractivity contribution is -0.0628. The Balaban J connectivity index is 1.49. The minimum absolute atomic E-state index is 0.243. The molecule has 0 saturated heterocycles. The van der Waals surface area contributed by atoms with E-state index in [-0.39, 0.29) is 5.41 Å². The Morgan fingerprint density at radius 2 is 1.79 bits per heavy atom. The summed E-state index contributed by atoms with van der Waals surface area (Å²) in [6.45, 7) is 11.3. The fourth-order valence-corrected chi connectivity index (χ4v) is 9.41. The van der Waals surface area contributed by atoms with Crippen LogP contribution in [0.3, 0.4) is 0 Å². The zero-order valence-corrected chi connectivity index (χ0v) is 22.5. The Hall–Kier alpha value is -0.290. The molecule has 0 heterocycles. The van der Waals surface area contributed by atoms with Gasteiger partial charge in [0.15, 0.2) is 0 Å². The van der Waals surface area contributed by atoms with E-state index in [1.54, 1.807) is 17.3 Å². The molecule has 0 aromatic carbocycles. The molecule has 4 heteroatoms. The van der Waals surface area contributed by atoms with Gasteiger partial charge in [0.2, 0.25) is 0 Å². The van der Waals surface area contributed by atoms with Crippen LogP contribution in [-0.4, -0.2) is 37.7 Å². The molecular weight excluding hydrogens is 428 g/mol. The van der Waals surface area contributed by atoms with E-state index in [2.05, 4.69) is 32.9 Å². The van der Waals surface area contributed by atoms with Gasteiger partial charge in [-0.2, -0.15) is 0 Å². The Morgan fingerprint density at radius 3 is 2.45 bits per heavy atom. The van der Waals surface area contributed by atoms with Crippen LogP contribution in [0.25, 0.3) is 0 Å². The summed E-state index contributed by atoms with van der Waals surface area (Å²) in [6.07, 6.45) is 14.8. The summed E-state index contributed by atoms with van der Waals surface area (Å²) >= 11 is 1.59. The smallest absolute Gasteiger partial charge is 0.116 e. The largest absolute Gasteiger partial charge is 0.392 e. The van der Waals surface area contributed by atoms with Gasteiger partial charge in [-0.15, -0.1) is 11.8 Å². The third-order valence-electron chi connectivity index (χ3n) is 10.8. The van der Waals surface area contributed by atoms with Crippen molar-refractivity contribution in [1.82, 2.24) is 0 Å². The highest BCUT2D eigenvalue weighted by molar-refractivity contribution is 8.00. The van der Waals surface area contributed by atoms with Gasteiger partial charge in [0.1, 0.15) is 4.93 Å². The van der Waals surface area contributed by atoms with Crippen LogP contribution < -0.4 is 0 Å². The quantitative estimate of drug-likeness (QED) is 0.272. The molecule has 0 bridgehead atoms. The van der Waals surface area contributed by atoms with E-state index < -0.39 is 16.6 Å². The van der Waals surface area contributed by atoms with E-state index in [0.29, 0.717) is 30.1 Å². The summed E-state index contributed by atoms with van der Waals surface area (Å²) < 4.78 is 0. The van der Waals surface area contributed by atoms with E-state index in [1.807, 2.05) is 13.8 Å². The Bertz CT molecular complexity index is 786. The Morgan fingerprint density at radius 1 is 1.06 bits per heavy atom. The number of rotatable bonds is 8. The maximum Gasteiger partial charge on any atom is 0.116 e. The summed E-state index contributed by atoms with van der Waals surface area (Å²) in [5.74, 6) is 2.73. The maximum atomic E-state index is 11.5. The van der Waals surface area contributed by atoms with Gasteiger partial charge in [-0.1, -0.05) is 64.3 Å². The number of fused-ring (bicyclic) bond motifs is 5. The third-order valence-corrected chi connectivity index (χ3v) is 12.2. The van der Waals surface area contributed by atoms with Gasteiger partial charge in [-0.25, -0.2) is 0 Å². The zero-order valence-electron chi connectivity index (χ0n) is 21.7. The van der Waals surface area contributed by atoms with Crippen molar-refractivity contribution in [2.45, 2.75) is 122 Å². The van der Waals surface area contributed by atoms with E-state index in [9.17, 15) is 15.3 Å². The van der Waals surface area contributed by atoms with Crippen molar-refractivity contribution in [3.05, 3.63) is 23.3 Å². The molecule has 3 N–H and O–H groups in total. The minimum Gasteiger partial charge on any atom is -0.392 e. The molecule has 4 aliphatic rings. The second kappa shape index (κ2) is 9.30. The van der Waals surface area contributed by atoms with E-state index in [0.717, 1.165) is 37.4 Å². The Labute approximate surface area is 206 Å². The Kier molecular flexibility index (Phi) is 7.27. The van der Waals surface area contributed by atoms with E-state index in [1.165, 1.54) is 37.7 Å². The van der Waals surface area contributed by atoms with Gasteiger partial charge in [0, 0.05) is 18.3 Å². The van der Waals surface area contributed by atoms with Gasteiger partial charge in [0.05, 0.1) is 11.7 Å². The molecule has 33 heavy (non-hydrogen) atoms. The van der Waals surface area contributed by atoms with Crippen LogP contribution in [0.4, 0.5) is 0 Å². The van der Waals surface area contributed by atoms with Crippen molar-refractivity contribution in [2.24, 2.45) is 28.6 Å². The van der Waals surface area contributed by atoms with E-state index >= 15 is 0 Å². The molecule has 3 nitrogen and oxygen atoms in total. The van der Waals surface area contributed by atoms with Crippen LogP contribution >= 0.6 is 11.8 Å². The molecule has 0 radical (unpaired) electrons. The fraction of sp³-hybridized carbons (Fsp3) is 0.862. The molecule has 7 atom stereocenters. The number of aliphatic hydroxyl groups is 3. The lowest BCUT2D eigenvalue weighted by Gasteiger charge is -2.57. The zero-order chi connectivity index (χ0) is 24.1. The second-order valence-electron chi connectivity index (χ2n) is 12.2. The summed E-state index contributed by atoms with van der Waals surface area (Å²) in [5, 5.41) is 33.6. The van der Waals surface area contributed by atoms with E-state index in [4.69, 9.17) is 0 Å². The molecular formula is C29H48O3S. The van der Waals surface area contributed by atoms with Crippen molar-refractivity contribution in [3.63, 3.8) is 0 Å². The molecule has 0 aliphatic heterocycles. The third kappa shape index (κ3) is 4.30. The van der Waals surface area contributed by atoms with Crippen molar-refractivity contribution in [2.75, 3.05) is 5.75 Å². The molecule has 0 aromatic rings. The topological polar surface area (TPSA) is 60.7 Å². The maximum absolute atomic E-state index is 11.5. The van der Waals surface area contributed by atoms with Crippen LogP contribution in [0.5, 0.6) is 0 Å². The number of allylic oxidation sites excluding steroid dienone is 3. The summed E-state index contributed by atoms with van der Waals surface area (Å²) in [7, 11) is 0. The molecule has 4 rings (SSSR count). The first-order valence-corrected chi connectivity index (χ1v) is 14.7. The average Bonchev–Trinajstić information content (AvgIpc) is 3.14. The SMILES string of the molecule is CC[C@H]1CC[C@H]2C3=CC=C4C[C@](O)(SCCCC(O)(CC)CC)C[C@H](O)[C@]4(C)[C@@H]3CC[C@]12C. The van der Waals surface area contributed by atoms with Crippen LogP contribution in [0.2, 0.25) is 0 Å². The number of aliphatic hydroxyl groups excluding tert-OH is 1. The summed E-state index contributed by atoms with van der Waals surface area (Å²) in [5.41, 5.74) is 2.45. The number of hydrogen-bond acceptors (Lipinski definition) is 4. The van der Waals surface area contributed by atoms with Crippen LogP contribution in [0.1, 0.15) is 105 Å². The highest BCUT2D eigenvalue weighted by atomic mass is 32.2. The van der Waals surface area contributed by atoms with Gasteiger partial charge in [0.25, 0.3) is 0 Å². The summed E-state index contributed by atoms with van der Waals surface area (Å²) in [6, 6.07) is 0. The highest BCUT2D eigenvalue weighted by Crippen LogP contribution is 2.66. The van der Waals surface area contributed by atoms with Gasteiger partial charge in [-0.3, -0.25) is 0 Å². The van der Waals surface area contributed by atoms with Crippen molar-refractivity contribution in [3.8, 4) is 0 Å². The normalized spacial score (nSPS) is 42.8. The second-order valence-corrected chi connectivity index (χ2v) is 13.7. The minimum atomic E-state index is -0.906. The molecule has 0 unspecified atom stereocenters. The average molecular weight is 477 g/mol. The van der Waals surface area contributed by atoms with Crippen molar-refractivity contribution >= 4 is 11.8 Å². The molecule has 3 saturated carbocycles. The van der Waals surface area contributed by atoms with Crippen molar-refractivity contribution in [1.29, 1.82) is 0 Å². The molecule has 188 valence electrons. The predicted octanol–water partition coefficient (Wildman–Crippen LogP) is 6.62. The summed E-state index contributed by atoms with van der Waals surface area (Å²) in [4.78, 5) is -0.906. The molecule has 0 amide bonds. The predicted molar refractivity (Wildman–Crippen MR) is 139 cm³/mol. The van der Waals surface area contributed by atoms with Gasteiger partial charge >= 0.3 is 0 Å². The molecule has 0 aromatic heterocycles. The number of hydrogen-bond donors (Lipinski definition) is 3. The van der Waals surface area contributed by atoms with Crippen LogP contribution in [0.15, 0.2) is 23.3 Å². The number of thioether (sulfide) groups is 1. The molecule has 0 spiro atoms. The van der Waals surface area contributed by atoms with Crippen LogP contribution in [-0.2, 0) is 0 Å². The van der Waals surface area contributed by atoms with Crippen LogP contribution in [0, 0.1) is 28.6 Å². The first kappa shape index (κ1) is 25.8. The van der Waals surface area contributed by atoms with Gasteiger partial charge in [-0.05, 0) is 80.3 Å². The standard InChI is InChI=1S/C29H48O3S/c1-6-20-11-13-23-22-12-10-21-18-29(32,33-17-9-15-28(31,7-2)8-3)19-25(30)27(21,5)24(22)14-16-26(20,23)4/h10,12,20,23-25,30-32H,6-9,11,13-19H2,1-5H3/t20-,23-,24+,25-,26+,27-,29-/m0/s1. The lowest BCUT2D eigenvalue weighted by Crippen LogP contribution is -2.54. The first-order valence-electron chi connectivity index (χ1n) is 13.7.